The molecule has 0 spiro atoms. The molecule has 2 aliphatic rings. The number of fused-ring (bicyclic) bond motifs is 2. The summed E-state index contributed by atoms with van der Waals surface area (Å²) in [6, 6.07) is 16.8. The summed E-state index contributed by atoms with van der Waals surface area (Å²) in [5, 5.41) is 0. The third-order valence-corrected chi connectivity index (χ3v) is 7.67. The number of carbonyl (C=O) groups is 1. The standard InChI is InChI=1S/C35H46N2O4/c1-36(2)20-6-22-40-30-14-10-27(11-15-30)35(28-12-16-31(17-13-28)41-23-7-21-37(3)4)32(18-19-34(38)39-5)33-25-26-8-9-29(33)24-26/h10-17,25H,6-9,18-24H2,1-5H3. The van der Waals surface area contributed by atoms with Gasteiger partial charge in [0.05, 0.1) is 20.3 Å². The summed E-state index contributed by atoms with van der Waals surface area (Å²) in [7, 11) is 9.77. The van der Waals surface area contributed by atoms with Gasteiger partial charge in [-0.3, -0.25) is 4.79 Å². The molecule has 0 unspecified atom stereocenters. The minimum Gasteiger partial charge on any atom is -0.494 e. The van der Waals surface area contributed by atoms with Gasteiger partial charge in [0.15, 0.2) is 0 Å². The quantitative estimate of drug-likeness (QED) is 0.173. The van der Waals surface area contributed by atoms with E-state index in [1.165, 1.54) is 29.4 Å². The molecule has 6 heteroatoms. The largest absolute Gasteiger partial charge is 0.494 e. The van der Waals surface area contributed by atoms with Gasteiger partial charge in [0, 0.05) is 19.5 Å². The van der Waals surface area contributed by atoms with Gasteiger partial charge in [-0.25, -0.2) is 0 Å². The second-order valence-electron chi connectivity index (χ2n) is 11.5. The molecule has 1 saturated carbocycles. The maximum Gasteiger partial charge on any atom is 0.305 e. The van der Waals surface area contributed by atoms with Crippen molar-refractivity contribution in [1.82, 2.24) is 9.80 Å². The van der Waals surface area contributed by atoms with E-state index < -0.39 is 0 Å². The summed E-state index contributed by atoms with van der Waals surface area (Å²) in [6.45, 7) is 3.36. The van der Waals surface area contributed by atoms with Gasteiger partial charge in [0.25, 0.3) is 0 Å². The normalized spacial score (nSPS) is 14.1. The molecular weight excluding hydrogens is 512 g/mol. The average molecular weight is 559 g/mol. The molecule has 41 heavy (non-hydrogen) atoms. The predicted molar refractivity (Wildman–Crippen MR) is 166 cm³/mol. The van der Waals surface area contributed by atoms with Gasteiger partial charge >= 0.3 is 5.97 Å². The van der Waals surface area contributed by atoms with E-state index in [2.05, 4.69) is 92.6 Å². The van der Waals surface area contributed by atoms with E-state index in [0.29, 0.717) is 26.1 Å². The lowest BCUT2D eigenvalue weighted by Crippen LogP contribution is -2.15. The van der Waals surface area contributed by atoms with Crippen LogP contribution in [0.2, 0.25) is 0 Å². The zero-order valence-corrected chi connectivity index (χ0v) is 25.5. The molecule has 0 heterocycles. The van der Waals surface area contributed by atoms with Crippen LogP contribution < -0.4 is 9.47 Å². The minimum atomic E-state index is -0.189. The first kappa shape index (κ1) is 30.6. The first-order valence-corrected chi connectivity index (χ1v) is 14.8. The fourth-order valence-corrected chi connectivity index (χ4v) is 5.54. The maximum absolute atomic E-state index is 12.3. The Labute approximate surface area is 246 Å². The number of nitrogens with zero attached hydrogens (tertiary/aromatic N) is 2. The Hall–Kier alpha value is -3.35. The topological polar surface area (TPSA) is 51.2 Å². The number of hydrogen-bond acceptors (Lipinski definition) is 6. The van der Waals surface area contributed by atoms with Crippen LogP contribution in [0.4, 0.5) is 0 Å². The third kappa shape index (κ3) is 8.82. The lowest BCUT2D eigenvalue weighted by atomic mass is 9.85. The van der Waals surface area contributed by atoms with Crippen molar-refractivity contribution >= 4 is 11.5 Å². The molecule has 0 amide bonds. The van der Waals surface area contributed by atoms with Gasteiger partial charge in [0.1, 0.15) is 11.5 Å². The number of carbonyl (C=O) groups excluding carboxylic acids is 1. The van der Waals surface area contributed by atoms with Crippen LogP contribution in [0.1, 0.15) is 56.1 Å². The van der Waals surface area contributed by atoms with Crippen molar-refractivity contribution in [3.8, 4) is 11.5 Å². The van der Waals surface area contributed by atoms with E-state index in [1.54, 1.807) is 0 Å². The zero-order valence-electron chi connectivity index (χ0n) is 25.5. The Kier molecular flexibility index (Phi) is 11.2. The van der Waals surface area contributed by atoms with Crippen LogP contribution in [-0.2, 0) is 9.53 Å². The van der Waals surface area contributed by atoms with Crippen molar-refractivity contribution in [3.63, 3.8) is 0 Å². The molecule has 6 nitrogen and oxygen atoms in total. The predicted octanol–water partition coefficient (Wildman–Crippen LogP) is 6.52. The summed E-state index contributed by atoms with van der Waals surface area (Å²) >= 11 is 0. The van der Waals surface area contributed by atoms with Crippen molar-refractivity contribution in [3.05, 3.63) is 88.0 Å². The van der Waals surface area contributed by atoms with Gasteiger partial charge in [-0.2, -0.15) is 0 Å². The summed E-state index contributed by atoms with van der Waals surface area (Å²) in [6.07, 6.45) is 8.60. The van der Waals surface area contributed by atoms with E-state index in [0.717, 1.165) is 73.4 Å². The number of hydrogen-bond donors (Lipinski definition) is 0. The first-order valence-electron chi connectivity index (χ1n) is 14.8. The van der Waals surface area contributed by atoms with E-state index in [4.69, 9.17) is 14.2 Å². The highest BCUT2D eigenvalue weighted by molar-refractivity contribution is 5.87. The maximum atomic E-state index is 12.3. The van der Waals surface area contributed by atoms with Crippen LogP contribution in [0, 0.1) is 0 Å². The van der Waals surface area contributed by atoms with Crippen LogP contribution >= 0.6 is 0 Å². The zero-order chi connectivity index (χ0) is 29.2. The lowest BCUT2D eigenvalue weighted by Gasteiger charge is -2.20. The summed E-state index contributed by atoms with van der Waals surface area (Å²) in [5.74, 6) is 1.55. The highest BCUT2D eigenvalue weighted by Crippen LogP contribution is 2.45. The van der Waals surface area contributed by atoms with Crippen LogP contribution in [0.5, 0.6) is 11.5 Å². The van der Waals surface area contributed by atoms with Crippen LogP contribution in [0.3, 0.4) is 0 Å². The van der Waals surface area contributed by atoms with Crippen molar-refractivity contribution in [2.24, 2.45) is 0 Å². The summed E-state index contributed by atoms with van der Waals surface area (Å²) in [4.78, 5) is 16.6. The molecule has 0 saturated heterocycles. The minimum absolute atomic E-state index is 0.189. The van der Waals surface area contributed by atoms with Gasteiger partial charge in [-0.15, -0.1) is 0 Å². The molecule has 1 fully saturated rings. The Morgan fingerprint density at radius 2 is 1.29 bits per heavy atom. The second kappa shape index (κ2) is 15.0. The van der Waals surface area contributed by atoms with Gasteiger partial charge < -0.3 is 24.0 Å². The van der Waals surface area contributed by atoms with Gasteiger partial charge in [-0.1, -0.05) is 41.5 Å². The third-order valence-electron chi connectivity index (χ3n) is 7.67. The monoisotopic (exact) mass is 558 g/mol. The SMILES string of the molecule is COC(=O)CCC(C1=C2CCC(=C1)C2)=C(c1ccc(OCCCN(C)C)cc1)c1ccc(OCCCN(C)C)cc1. The summed E-state index contributed by atoms with van der Waals surface area (Å²) in [5.41, 5.74) is 8.86. The van der Waals surface area contributed by atoms with Crippen LogP contribution in [0.25, 0.3) is 5.57 Å². The molecule has 0 atom stereocenters. The fourth-order valence-electron chi connectivity index (χ4n) is 5.54. The Morgan fingerprint density at radius 1 is 0.756 bits per heavy atom. The van der Waals surface area contributed by atoms with Crippen molar-refractivity contribution < 1.29 is 19.0 Å². The van der Waals surface area contributed by atoms with Crippen LogP contribution in [-0.4, -0.2) is 77.4 Å². The van der Waals surface area contributed by atoms with Gasteiger partial charge in [0.2, 0.25) is 0 Å². The molecule has 0 aliphatic heterocycles. The Morgan fingerprint density at radius 3 is 1.71 bits per heavy atom. The van der Waals surface area contributed by atoms with Crippen molar-refractivity contribution in [2.75, 3.05) is 61.6 Å². The highest BCUT2D eigenvalue weighted by Gasteiger charge is 2.27. The number of methoxy groups -OCH3 is 1. The van der Waals surface area contributed by atoms with Gasteiger partial charge in [-0.05, 0) is 119 Å². The molecule has 2 bridgehead atoms. The van der Waals surface area contributed by atoms with E-state index in [1.807, 2.05) is 0 Å². The molecule has 2 aromatic rings. The molecule has 0 N–H and O–H groups in total. The molecule has 0 radical (unpaired) electrons. The highest BCUT2D eigenvalue weighted by atomic mass is 16.5. The molecule has 2 aliphatic carbocycles. The second-order valence-corrected chi connectivity index (χ2v) is 11.5. The first-order chi connectivity index (χ1) is 19.8. The molecule has 4 rings (SSSR count). The molecule has 220 valence electrons. The Bertz CT molecular complexity index is 1190. The number of benzene rings is 2. The average Bonchev–Trinajstić information content (AvgIpc) is 3.60. The van der Waals surface area contributed by atoms with E-state index in [9.17, 15) is 4.79 Å². The number of esters is 1. The molecule has 2 aromatic carbocycles. The number of ether oxygens (including phenoxy) is 3. The van der Waals surface area contributed by atoms with Crippen molar-refractivity contribution in [1.29, 1.82) is 0 Å². The van der Waals surface area contributed by atoms with Crippen LogP contribution in [0.15, 0.2) is 76.9 Å². The van der Waals surface area contributed by atoms with E-state index >= 15 is 0 Å². The molecular formula is C35H46N2O4. The number of allylic oxidation sites excluding steroid dienone is 5. The smallest absolute Gasteiger partial charge is 0.305 e. The van der Waals surface area contributed by atoms with E-state index in [-0.39, 0.29) is 5.97 Å². The fraction of sp³-hybridized carbons (Fsp3) is 0.457. The lowest BCUT2D eigenvalue weighted by molar-refractivity contribution is -0.140. The van der Waals surface area contributed by atoms with Crippen molar-refractivity contribution in [2.45, 2.75) is 44.9 Å². The molecule has 0 aromatic heterocycles. The summed E-state index contributed by atoms with van der Waals surface area (Å²) < 4.78 is 17.1. The number of rotatable bonds is 16. The Balaban J connectivity index is 1.66.